The molecule has 9 nitrogen and oxygen atoms in total. The van der Waals surface area contributed by atoms with Gasteiger partial charge in [0.25, 0.3) is 10.1 Å². The molecular formula is C16H15ClFNO8S. The molecular weight excluding hydrogens is 421 g/mol. The second-order valence-electron chi connectivity index (χ2n) is 6.02. The molecule has 1 saturated heterocycles. The van der Waals surface area contributed by atoms with Crippen LogP contribution in [0.1, 0.15) is 0 Å². The van der Waals surface area contributed by atoms with Gasteiger partial charge in [-0.15, -0.1) is 0 Å². The molecule has 3 rings (SSSR count). The highest BCUT2D eigenvalue weighted by atomic mass is 35.5. The standard InChI is InChI=1S/C16H15ClFNO8S/c17-10-4-7(1-2-11(10)18)8-3-9(6-19-5-8)26-15-13(21)12(20)14(22)16(27-15)28(23,24)25/h1-6,12-16,20-22H,(H,23,24,25)/t12-,13-,14+,15-,16?/m1/s1. The van der Waals surface area contributed by atoms with Crippen LogP contribution in [0.2, 0.25) is 5.02 Å². The van der Waals surface area contributed by atoms with Gasteiger partial charge in [0.05, 0.1) is 11.2 Å². The summed E-state index contributed by atoms with van der Waals surface area (Å²) >= 11 is 5.75. The minimum Gasteiger partial charge on any atom is -0.460 e. The van der Waals surface area contributed by atoms with Crippen molar-refractivity contribution in [2.24, 2.45) is 0 Å². The fourth-order valence-corrected chi connectivity index (χ4v) is 3.56. The van der Waals surface area contributed by atoms with Crippen molar-refractivity contribution in [1.29, 1.82) is 0 Å². The summed E-state index contributed by atoms with van der Waals surface area (Å²) in [6, 6.07) is 5.39. The molecule has 1 aromatic heterocycles. The van der Waals surface area contributed by atoms with Crippen LogP contribution in [0.25, 0.3) is 11.1 Å². The molecule has 152 valence electrons. The van der Waals surface area contributed by atoms with Crippen LogP contribution in [-0.2, 0) is 14.9 Å². The first-order valence-electron chi connectivity index (χ1n) is 7.81. The van der Waals surface area contributed by atoms with E-state index in [1.807, 2.05) is 0 Å². The van der Waals surface area contributed by atoms with Crippen LogP contribution in [0, 0.1) is 5.82 Å². The highest BCUT2D eigenvalue weighted by Crippen LogP contribution is 2.30. The molecule has 1 aromatic carbocycles. The van der Waals surface area contributed by atoms with Gasteiger partial charge >= 0.3 is 0 Å². The van der Waals surface area contributed by atoms with E-state index in [2.05, 4.69) is 4.98 Å². The van der Waals surface area contributed by atoms with Crippen molar-refractivity contribution >= 4 is 21.7 Å². The highest BCUT2D eigenvalue weighted by molar-refractivity contribution is 7.86. The summed E-state index contributed by atoms with van der Waals surface area (Å²) in [5.41, 5.74) is -1.26. The van der Waals surface area contributed by atoms with E-state index in [0.717, 1.165) is 6.07 Å². The Hall–Kier alpha value is -1.86. The second-order valence-corrected chi connectivity index (χ2v) is 7.92. The maximum absolute atomic E-state index is 13.3. The first kappa shape index (κ1) is 20.9. The van der Waals surface area contributed by atoms with Gasteiger partial charge in [-0.25, -0.2) is 4.39 Å². The number of nitrogens with zero attached hydrogens (tertiary/aromatic N) is 1. The van der Waals surface area contributed by atoms with Crippen molar-refractivity contribution in [2.75, 3.05) is 0 Å². The monoisotopic (exact) mass is 435 g/mol. The van der Waals surface area contributed by atoms with Crippen LogP contribution in [-0.4, -0.2) is 63.3 Å². The third-order valence-electron chi connectivity index (χ3n) is 4.04. The Balaban J connectivity index is 1.85. The van der Waals surface area contributed by atoms with E-state index in [0.29, 0.717) is 11.1 Å². The molecule has 0 saturated carbocycles. The van der Waals surface area contributed by atoms with E-state index in [9.17, 15) is 28.1 Å². The van der Waals surface area contributed by atoms with Gasteiger partial charge in [-0.1, -0.05) is 17.7 Å². The Labute approximate surface area is 163 Å². The summed E-state index contributed by atoms with van der Waals surface area (Å²) in [4.78, 5) is 3.93. The lowest BCUT2D eigenvalue weighted by molar-refractivity contribution is -0.254. The van der Waals surface area contributed by atoms with E-state index < -0.39 is 46.0 Å². The largest absolute Gasteiger partial charge is 0.460 e. The van der Waals surface area contributed by atoms with Gasteiger partial charge in [0, 0.05) is 11.8 Å². The molecule has 1 fully saturated rings. The predicted octanol–water partition coefficient (Wildman–Crippen LogP) is 0.573. The van der Waals surface area contributed by atoms with Crippen molar-refractivity contribution in [3.05, 3.63) is 47.5 Å². The van der Waals surface area contributed by atoms with Gasteiger partial charge in [-0.05, 0) is 23.8 Å². The zero-order valence-corrected chi connectivity index (χ0v) is 15.5. The molecule has 1 aliphatic rings. The second kappa shape index (κ2) is 7.87. The van der Waals surface area contributed by atoms with Crippen LogP contribution in [0.4, 0.5) is 4.39 Å². The summed E-state index contributed by atoms with van der Waals surface area (Å²) in [5, 5.41) is 29.4. The molecule has 0 radical (unpaired) electrons. The van der Waals surface area contributed by atoms with Crippen molar-refractivity contribution in [1.82, 2.24) is 4.98 Å². The molecule has 4 N–H and O–H groups in total. The van der Waals surface area contributed by atoms with Crippen molar-refractivity contribution < 1.29 is 42.2 Å². The van der Waals surface area contributed by atoms with Crippen LogP contribution < -0.4 is 4.74 Å². The Morgan fingerprint density at radius 2 is 1.79 bits per heavy atom. The summed E-state index contributed by atoms with van der Waals surface area (Å²) in [7, 11) is -4.91. The van der Waals surface area contributed by atoms with Gasteiger partial charge in [-0.3, -0.25) is 9.54 Å². The first-order chi connectivity index (χ1) is 13.1. The quantitative estimate of drug-likeness (QED) is 0.506. The van der Waals surface area contributed by atoms with Crippen molar-refractivity contribution in [3.8, 4) is 16.9 Å². The lowest BCUT2D eigenvalue weighted by Crippen LogP contribution is -2.61. The molecule has 5 atom stereocenters. The molecule has 1 aliphatic heterocycles. The normalized spacial score (nSPS) is 28.1. The van der Waals surface area contributed by atoms with Crippen LogP contribution in [0.15, 0.2) is 36.7 Å². The molecule has 2 heterocycles. The number of benzene rings is 1. The Kier molecular flexibility index (Phi) is 5.87. The number of pyridine rings is 1. The minimum absolute atomic E-state index is 0.000301. The number of aromatic nitrogens is 1. The Morgan fingerprint density at radius 1 is 1.07 bits per heavy atom. The minimum atomic E-state index is -4.91. The number of hydrogen-bond donors (Lipinski definition) is 4. The molecule has 12 heteroatoms. The van der Waals surface area contributed by atoms with Crippen molar-refractivity contribution in [3.63, 3.8) is 0 Å². The molecule has 0 aliphatic carbocycles. The number of hydrogen-bond acceptors (Lipinski definition) is 8. The fourth-order valence-electron chi connectivity index (χ4n) is 2.61. The van der Waals surface area contributed by atoms with E-state index in [4.69, 9.17) is 25.6 Å². The summed E-state index contributed by atoms with van der Waals surface area (Å²) < 4.78 is 55.3. The lowest BCUT2D eigenvalue weighted by atomic mass is 10.1. The third-order valence-corrected chi connectivity index (χ3v) is 5.30. The molecule has 0 bridgehead atoms. The van der Waals surface area contributed by atoms with E-state index in [-0.39, 0.29) is 10.8 Å². The summed E-state index contributed by atoms with van der Waals surface area (Å²) in [6.07, 6.45) is -4.97. The van der Waals surface area contributed by atoms with Crippen LogP contribution in [0.5, 0.6) is 5.75 Å². The molecule has 0 spiro atoms. The summed E-state index contributed by atoms with van der Waals surface area (Å²) in [6.45, 7) is 0. The topological polar surface area (TPSA) is 146 Å². The summed E-state index contributed by atoms with van der Waals surface area (Å²) in [5.74, 6) is -0.604. The number of aliphatic hydroxyl groups is 3. The van der Waals surface area contributed by atoms with Gasteiger partial charge in [0.2, 0.25) is 11.7 Å². The van der Waals surface area contributed by atoms with E-state index in [1.165, 1.54) is 30.6 Å². The maximum Gasteiger partial charge on any atom is 0.295 e. The zero-order valence-electron chi connectivity index (χ0n) is 13.9. The van der Waals surface area contributed by atoms with Gasteiger partial charge in [-0.2, -0.15) is 8.42 Å². The maximum atomic E-state index is 13.3. The first-order valence-corrected chi connectivity index (χ1v) is 9.69. The van der Waals surface area contributed by atoms with Gasteiger partial charge in [0.1, 0.15) is 29.9 Å². The SMILES string of the molecule is O=S(=O)(O)C1O[C@@H](Oc2cncc(-c3ccc(F)c(Cl)c3)c2)[C@H](O)[C@@H](O)[C@@H]1O. The Morgan fingerprint density at radius 3 is 2.43 bits per heavy atom. The zero-order chi connectivity index (χ0) is 20.6. The lowest BCUT2D eigenvalue weighted by Gasteiger charge is -2.38. The van der Waals surface area contributed by atoms with Crippen LogP contribution in [0.3, 0.4) is 0 Å². The van der Waals surface area contributed by atoms with Gasteiger partial charge < -0.3 is 24.8 Å². The highest BCUT2D eigenvalue weighted by Gasteiger charge is 2.50. The third kappa shape index (κ3) is 4.25. The van der Waals surface area contributed by atoms with Crippen molar-refractivity contribution in [2.45, 2.75) is 30.0 Å². The van der Waals surface area contributed by atoms with Crippen LogP contribution >= 0.6 is 11.6 Å². The molecule has 2 aromatic rings. The number of ether oxygens (including phenoxy) is 2. The van der Waals surface area contributed by atoms with E-state index >= 15 is 0 Å². The molecule has 0 amide bonds. The van der Waals surface area contributed by atoms with E-state index in [1.54, 1.807) is 0 Å². The average molecular weight is 436 g/mol. The number of halogens is 2. The molecule has 1 unspecified atom stereocenters. The van der Waals surface area contributed by atoms with Gasteiger partial charge in [0.15, 0.2) is 0 Å². The number of aliphatic hydroxyl groups excluding tert-OH is 3. The molecule has 28 heavy (non-hydrogen) atoms. The number of rotatable bonds is 4. The fraction of sp³-hybridized carbons (Fsp3) is 0.312. The Bertz CT molecular complexity index is 975. The smallest absolute Gasteiger partial charge is 0.295 e. The predicted molar refractivity (Wildman–Crippen MR) is 93.5 cm³/mol. The average Bonchev–Trinajstić information content (AvgIpc) is 2.63.